The summed E-state index contributed by atoms with van der Waals surface area (Å²) in [4.78, 5) is 35.3. The number of hydrogen-bond donors (Lipinski definition) is 2. The van der Waals surface area contributed by atoms with E-state index in [1.54, 1.807) is 0 Å². The molecule has 0 spiro atoms. The highest BCUT2D eigenvalue weighted by atomic mass is 31.2. The van der Waals surface area contributed by atoms with Gasteiger partial charge in [0.25, 0.3) is 0 Å². The third-order valence-corrected chi connectivity index (χ3v) is 13.5. The van der Waals surface area contributed by atoms with E-state index < -0.39 is 32.5 Å². The predicted octanol–water partition coefficient (Wildman–Crippen LogP) is 21.0. The lowest BCUT2D eigenvalue weighted by atomic mass is 10.1. The molecule has 0 aromatic rings. The second kappa shape index (κ2) is 66.0. The van der Waals surface area contributed by atoms with Crippen LogP contribution in [0.2, 0.25) is 0 Å². The first-order valence-corrected chi connectivity index (χ1v) is 33.4. The summed E-state index contributed by atoms with van der Waals surface area (Å²) < 4.78 is 33.1. The van der Waals surface area contributed by atoms with E-state index in [2.05, 4.69) is 208 Å². The first kappa shape index (κ1) is 77.9. The normalized spacial score (nSPS) is 14.3. The molecule has 2 unspecified atom stereocenters. The molecule has 2 atom stereocenters. The van der Waals surface area contributed by atoms with Gasteiger partial charge in [0.05, 0.1) is 13.2 Å². The fourth-order valence-electron chi connectivity index (χ4n) is 7.84. The van der Waals surface area contributed by atoms with Crippen molar-refractivity contribution in [1.29, 1.82) is 0 Å². The Labute approximate surface area is 506 Å². The number of carbonyl (C=O) groups is 2. The molecule has 9 nitrogen and oxygen atoms in total. The number of hydrogen-bond acceptors (Lipinski definition) is 8. The summed E-state index contributed by atoms with van der Waals surface area (Å²) in [5, 5.41) is 0. The van der Waals surface area contributed by atoms with Crippen molar-refractivity contribution in [3.05, 3.63) is 194 Å². The van der Waals surface area contributed by atoms with E-state index in [4.69, 9.17) is 24.3 Å². The summed E-state index contributed by atoms with van der Waals surface area (Å²) >= 11 is 0. The lowest BCUT2D eigenvalue weighted by molar-refractivity contribution is -0.161. The largest absolute Gasteiger partial charge is 0.472 e. The number of phosphoric ester groups is 1. The summed E-state index contributed by atoms with van der Waals surface area (Å²) in [6.07, 6.45) is 101. The van der Waals surface area contributed by atoms with Gasteiger partial charge in [-0.15, -0.1) is 0 Å². The lowest BCUT2D eigenvalue weighted by Gasteiger charge is -2.19. The smallest absolute Gasteiger partial charge is 0.462 e. The number of allylic oxidation sites excluding steroid dienone is 32. The van der Waals surface area contributed by atoms with E-state index in [1.807, 2.05) is 0 Å². The third-order valence-electron chi connectivity index (χ3n) is 12.5. The Bertz CT molecular complexity index is 2060. The van der Waals surface area contributed by atoms with Gasteiger partial charge in [0, 0.05) is 19.4 Å². The molecule has 0 fully saturated rings. The molecule has 0 heterocycles. The molecular formula is C73H114NO8P. The van der Waals surface area contributed by atoms with Crippen molar-refractivity contribution in [1.82, 2.24) is 0 Å². The van der Waals surface area contributed by atoms with E-state index in [-0.39, 0.29) is 32.6 Å². The molecule has 0 saturated heterocycles. The van der Waals surface area contributed by atoms with Crippen molar-refractivity contribution in [2.75, 3.05) is 26.4 Å². The molecule has 0 bridgehead atoms. The standard InChI is InChI=1S/C73H114NO8P/c1-3-5-7-9-11-13-15-17-19-21-23-25-27-29-31-32-33-34-35-36-37-38-40-42-44-46-48-50-52-54-56-58-60-62-64-66-73(76)82-71(70-81-83(77,78)80-68-67-74)69-79-72(75)65-63-61-59-57-55-53-51-49-47-45-43-41-39-30-28-26-24-22-20-18-16-14-12-10-8-6-4-2/h5-8,11-14,17-20,23-26,29-31,33-34,36-37,39-40,42-43,45-46,48-49,51,71H,3-4,9-10,15-16,21-22,27-28,32,35,38,41,44,47,50,52-70,74H2,1-2H3,(H,77,78)/b7-5-,8-6-,13-11-,14-12-,19-17-,20-18-,25-23-,26-24-,31-29-,34-33-,37-36-,39-30-,42-40-,45-43-,48-46-,51-49-. The van der Waals surface area contributed by atoms with Crippen LogP contribution in [0.3, 0.4) is 0 Å². The zero-order valence-electron chi connectivity index (χ0n) is 51.8. The average Bonchev–Trinajstić information content (AvgIpc) is 3.48. The van der Waals surface area contributed by atoms with Crippen molar-refractivity contribution in [2.45, 2.75) is 225 Å². The Morgan fingerprint density at radius 2 is 0.627 bits per heavy atom. The van der Waals surface area contributed by atoms with Crippen LogP contribution in [-0.2, 0) is 32.7 Å². The maximum atomic E-state index is 12.7. The number of ether oxygens (including phenoxy) is 2. The van der Waals surface area contributed by atoms with Crippen LogP contribution < -0.4 is 5.73 Å². The Kier molecular flexibility index (Phi) is 61.9. The van der Waals surface area contributed by atoms with E-state index in [0.29, 0.717) is 12.8 Å². The first-order valence-electron chi connectivity index (χ1n) is 31.9. The van der Waals surface area contributed by atoms with Gasteiger partial charge in [0.15, 0.2) is 6.10 Å². The highest BCUT2D eigenvalue weighted by Gasteiger charge is 2.26. The highest BCUT2D eigenvalue weighted by molar-refractivity contribution is 7.47. The van der Waals surface area contributed by atoms with Crippen molar-refractivity contribution in [2.24, 2.45) is 5.73 Å². The minimum Gasteiger partial charge on any atom is -0.462 e. The molecule has 10 heteroatoms. The number of carbonyl (C=O) groups excluding carboxylic acids is 2. The molecule has 83 heavy (non-hydrogen) atoms. The van der Waals surface area contributed by atoms with Crippen LogP contribution in [0.5, 0.6) is 0 Å². The summed E-state index contributed by atoms with van der Waals surface area (Å²) in [6, 6.07) is 0. The second-order valence-electron chi connectivity index (χ2n) is 20.2. The molecular weight excluding hydrogens is 1050 g/mol. The quantitative estimate of drug-likeness (QED) is 0.0264. The molecule has 0 aromatic heterocycles. The minimum absolute atomic E-state index is 0.0370. The van der Waals surface area contributed by atoms with Crippen LogP contribution in [0.4, 0.5) is 0 Å². The Morgan fingerprint density at radius 1 is 0.361 bits per heavy atom. The molecule has 3 N–H and O–H groups in total. The Morgan fingerprint density at radius 3 is 0.928 bits per heavy atom. The molecule has 0 aliphatic carbocycles. The number of unbranched alkanes of at least 4 members (excludes halogenated alkanes) is 12. The molecule has 0 amide bonds. The van der Waals surface area contributed by atoms with Gasteiger partial charge < -0.3 is 20.1 Å². The Hall–Kier alpha value is -5.15. The zero-order chi connectivity index (χ0) is 60.1. The number of phosphoric acid groups is 1. The average molecular weight is 1160 g/mol. The zero-order valence-corrected chi connectivity index (χ0v) is 52.7. The first-order chi connectivity index (χ1) is 40.8. The molecule has 0 aliphatic rings. The van der Waals surface area contributed by atoms with Crippen LogP contribution in [-0.4, -0.2) is 49.3 Å². The van der Waals surface area contributed by atoms with Crippen LogP contribution >= 0.6 is 7.82 Å². The van der Waals surface area contributed by atoms with Gasteiger partial charge in [-0.05, 0) is 141 Å². The molecule has 0 rings (SSSR count). The van der Waals surface area contributed by atoms with Crippen LogP contribution in [0.1, 0.15) is 219 Å². The van der Waals surface area contributed by atoms with Gasteiger partial charge in [-0.25, -0.2) is 4.57 Å². The Balaban J connectivity index is 4.09. The van der Waals surface area contributed by atoms with Gasteiger partial charge in [-0.1, -0.05) is 260 Å². The summed E-state index contributed by atoms with van der Waals surface area (Å²) in [5.74, 6) is -0.880. The highest BCUT2D eigenvalue weighted by Crippen LogP contribution is 2.43. The summed E-state index contributed by atoms with van der Waals surface area (Å²) in [7, 11) is -4.42. The second-order valence-corrected chi connectivity index (χ2v) is 21.6. The van der Waals surface area contributed by atoms with Crippen LogP contribution in [0.15, 0.2) is 194 Å². The van der Waals surface area contributed by atoms with E-state index in [0.717, 1.165) is 167 Å². The molecule has 0 aromatic carbocycles. The van der Waals surface area contributed by atoms with Crippen LogP contribution in [0.25, 0.3) is 0 Å². The summed E-state index contributed by atoms with van der Waals surface area (Å²) in [5.41, 5.74) is 5.39. The van der Waals surface area contributed by atoms with Crippen LogP contribution in [0, 0.1) is 0 Å². The van der Waals surface area contributed by atoms with Gasteiger partial charge in [0.2, 0.25) is 0 Å². The minimum atomic E-state index is -4.42. The van der Waals surface area contributed by atoms with E-state index in [1.165, 1.54) is 12.8 Å². The number of esters is 2. The fourth-order valence-corrected chi connectivity index (χ4v) is 8.61. The van der Waals surface area contributed by atoms with Crippen molar-refractivity contribution >= 4 is 19.8 Å². The third kappa shape index (κ3) is 65.9. The van der Waals surface area contributed by atoms with Gasteiger partial charge in [-0.3, -0.25) is 18.6 Å². The monoisotopic (exact) mass is 1160 g/mol. The van der Waals surface area contributed by atoms with E-state index in [9.17, 15) is 19.0 Å². The topological polar surface area (TPSA) is 134 Å². The molecule has 464 valence electrons. The van der Waals surface area contributed by atoms with Gasteiger partial charge in [0.1, 0.15) is 6.61 Å². The number of nitrogens with two attached hydrogens (primary N) is 1. The predicted molar refractivity (Wildman–Crippen MR) is 357 cm³/mol. The molecule has 0 aliphatic heterocycles. The van der Waals surface area contributed by atoms with Crippen molar-refractivity contribution in [3.8, 4) is 0 Å². The van der Waals surface area contributed by atoms with Gasteiger partial charge >= 0.3 is 19.8 Å². The van der Waals surface area contributed by atoms with Crippen molar-refractivity contribution in [3.63, 3.8) is 0 Å². The summed E-state index contributed by atoms with van der Waals surface area (Å²) in [6.45, 7) is 3.45. The fraction of sp³-hybridized carbons (Fsp3) is 0.534. The van der Waals surface area contributed by atoms with E-state index >= 15 is 0 Å². The van der Waals surface area contributed by atoms with Crippen molar-refractivity contribution < 1.29 is 37.6 Å². The van der Waals surface area contributed by atoms with Gasteiger partial charge in [-0.2, -0.15) is 0 Å². The molecule has 0 saturated carbocycles. The maximum absolute atomic E-state index is 12.7. The molecule has 0 radical (unpaired) electrons. The lowest BCUT2D eigenvalue weighted by Crippen LogP contribution is -2.29. The number of rotatable bonds is 57. The SMILES string of the molecule is CC/C=C\C/C=C\C/C=C\C/C=C\C/C=C\C/C=C\C/C=C\C/C=C\C/C=C\CCCCCCCCCC(=O)OC(COC(=O)CCCCCCC/C=C\C/C=C\C/C=C\C/C=C\C/C=C\C/C=C\C/C=C\CC)COP(=O)(O)OCCN. The maximum Gasteiger partial charge on any atom is 0.472 e.